The van der Waals surface area contributed by atoms with Crippen LogP contribution >= 0.6 is 11.8 Å². The van der Waals surface area contributed by atoms with E-state index in [9.17, 15) is 13.2 Å². The topological polar surface area (TPSA) is 78.2 Å². The van der Waals surface area contributed by atoms with Gasteiger partial charge in [-0.25, -0.2) is 8.42 Å². The Hall–Kier alpha value is -1.52. The second-order valence-corrected chi connectivity index (χ2v) is 8.27. The van der Waals surface area contributed by atoms with E-state index in [-0.39, 0.29) is 11.7 Å². The number of hydrogen-bond acceptors (Lipinski definition) is 5. The fraction of sp³-hybridized carbons (Fsp3) is 0.429. The minimum atomic E-state index is -3.30. The molecule has 0 spiro atoms. The highest BCUT2D eigenvalue weighted by molar-refractivity contribution is 8.01. The van der Waals surface area contributed by atoms with Gasteiger partial charge in [-0.05, 0) is 24.3 Å². The first-order valence-electron chi connectivity index (χ1n) is 6.60. The lowest BCUT2D eigenvalue weighted by molar-refractivity contribution is 0.0749. The molecule has 0 aromatic heterocycles. The quantitative estimate of drug-likeness (QED) is 0.842. The van der Waals surface area contributed by atoms with Crippen molar-refractivity contribution in [3.8, 4) is 6.07 Å². The van der Waals surface area contributed by atoms with Gasteiger partial charge in [-0.15, -0.1) is 0 Å². The van der Waals surface area contributed by atoms with Crippen LogP contribution in [-0.4, -0.2) is 48.4 Å². The summed E-state index contributed by atoms with van der Waals surface area (Å²) in [4.78, 5) is 14.0. The first kappa shape index (κ1) is 15.9. The van der Waals surface area contributed by atoms with Crippen molar-refractivity contribution in [1.82, 2.24) is 4.90 Å². The van der Waals surface area contributed by atoms with Crippen LogP contribution in [0.2, 0.25) is 0 Å². The molecule has 1 unspecified atom stereocenters. The van der Waals surface area contributed by atoms with Crippen molar-refractivity contribution >= 4 is 27.5 Å². The van der Waals surface area contributed by atoms with Crippen LogP contribution in [0.4, 0.5) is 0 Å². The average molecular weight is 324 g/mol. The molecule has 7 heteroatoms. The van der Waals surface area contributed by atoms with E-state index in [1.165, 1.54) is 4.90 Å². The maximum atomic E-state index is 12.5. The lowest BCUT2D eigenvalue weighted by Crippen LogP contribution is -2.50. The van der Waals surface area contributed by atoms with Gasteiger partial charge in [-0.3, -0.25) is 4.79 Å². The predicted molar refractivity (Wildman–Crippen MR) is 82.8 cm³/mol. The van der Waals surface area contributed by atoms with Crippen molar-refractivity contribution in [1.29, 1.82) is 5.26 Å². The second kappa shape index (κ2) is 6.50. The summed E-state index contributed by atoms with van der Waals surface area (Å²) < 4.78 is 24.3. The van der Waals surface area contributed by atoms with Gasteiger partial charge in [-0.2, -0.15) is 17.0 Å². The van der Waals surface area contributed by atoms with Crippen LogP contribution in [0.3, 0.4) is 0 Å². The van der Waals surface area contributed by atoms with Gasteiger partial charge in [0.25, 0.3) is 5.91 Å². The summed E-state index contributed by atoms with van der Waals surface area (Å²) in [5, 5.41) is 8.01. The standard InChI is InChI=1S/C14H16N2O3S2/c1-2-21(18,19)13-10-20-8-7-16(13)14(17)12-5-3-11(9-15)4-6-12/h3-6,13H,2,7-8,10H2,1H3. The van der Waals surface area contributed by atoms with Crippen LogP contribution in [-0.2, 0) is 9.84 Å². The first-order valence-corrected chi connectivity index (χ1v) is 9.47. The summed E-state index contributed by atoms with van der Waals surface area (Å²) in [6.45, 7) is 2.02. The predicted octanol–water partition coefficient (Wildman–Crippen LogP) is 1.51. The van der Waals surface area contributed by atoms with Crippen LogP contribution in [0, 0.1) is 11.3 Å². The number of amides is 1. The third kappa shape index (κ3) is 3.39. The van der Waals surface area contributed by atoms with E-state index in [0.717, 1.165) is 5.75 Å². The molecule has 0 bridgehead atoms. The molecular formula is C14H16N2O3S2. The number of nitriles is 1. The highest BCUT2D eigenvalue weighted by Gasteiger charge is 2.36. The molecule has 0 N–H and O–H groups in total. The number of carbonyl (C=O) groups is 1. The molecule has 2 rings (SSSR count). The normalized spacial score (nSPS) is 19.0. The summed E-state index contributed by atoms with van der Waals surface area (Å²) in [5.41, 5.74) is 0.885. The summed E-state index contributed by atoms with van der Waals surface area (Å²) >= 11 is 1.55. The fourth-order valence-electron chi connectivity index (χ4n) is 2.16. The van der Waals surface area contributed by atoms with E-state index < -0.39 is 15.2 Å². The number of hydrogen-bond donors (Lipinski definition) is 0. The SMILES string of the molecule is CCS(=O)(=O)C1CSCCN1C(=O)c1ccc(C#N)cc1. The minimum Gasteiger partial charge on any atom is -0.320 e. The molecule has 112 valence electrons. The van der Waals surface area contributed by atoms with Crippen LogP contribution in [0.15, 0.2) is 24.3 Å². The number of sulfone groups is 1. The number of carbonyl (C=O) groups excluding carboxylic acids is 1. The fourth-order valence-corrected chi connectivity index (χ4v) is 5.12. The van der Waals surface area contributed by atoms with Gasteiger partial charge in [0.05, 0.1) is 11.6 Å². The van der Waals surface area contributed by atoms with Crippen LogP contribution < -0.4 is 0 Å². The Balaban J connectivity index is 2.28. The van der Waals surface area contributed by atoms with Gasteiger partial charge < -0.3 is 4.90 Å². The zero-order valence-electron chi connectivity index (χ0n) is 11.7. The highest BCUT2D eigenvalue weighted by atomic mass is 32.2. The van der Waals surface area contributed by atoms with Gasteiger partial charge >= 0.3 is 0 Å². The molecule has 1 aliphatic heterocycles. The Bertz CT molecular complexity index is 662. The summed E-state index contributed by atoms with van der Waals surface area (Å²) in [5.74, 6) is 0.882. The van der Waals surface area contributed by atoms with Crippen molar-refractivity contribution in [2.24, 2.45) is 0 Å². The highest BCUT2D eigenvalue weighted by Crippen LogP contribution is 2.23. The Kier molecular flexibility index (Phi) is 4.91. The summed E-state index contributed by atoms with van der Waals surface area (Å²) in [6.07, 6.45) is 0. The van der Waals surface area contributed by atoms with Crippen LogP contribution in [0.25, 0.3) is 0 Å². The third-order valence-electron chi connectivity index (χ3n) is 3.42. The molecule has 1 atom stereocenters. The van der Waals surface area contributed by atoms with E-state index in [1.54, 1.807) is 43.0 Å². The second-order valence-electron chi connectivity index (χ2n) is 4.67. The molecule has 1 saturated heterocycles. The molecule has 1 amide bonds. The van der Waals surface area contributed by atoms with Crippen molar-refractivity contribution < 1.29 is 13.2 Å². The Morgan fingerprint density at radius 2 is 2.10 bits per heavy atom. The van der Waals surface area contributed by atoms with E-state index in [4.69, 9.17) is 5.26 Å². The van der Waals surface area contributed by atoms with Crippen molar-refractivity contribution in [2.45, 2.75) is 12.3 Å². The minimum absolute atomic E-state index is 0.0232. The first-order chi connectivity index (χ1) is 9.99. The molecule has 0 saturated carbocycles. The molecule has 1 aromatic rings. The molecule has 1 fully saturated rings. The molecule has 21 heavy (non-hydrogen) atoms. The zero-order valence-corrected chi connectivity index (χ0v) is 13.3. The molecule has 1 aliphatic rings. The Labute approximate surface area is 128 Å². The van der Waals surface area contributed by atoms with E-state index >= 15 is 0 Å². The maximum absolute atomic E-state index is 12.5. The molecule has 0 aliphatic carbocycles. The Morgan fingerprint density at radius 1 is 1.43 bits per heavy atom. The summed E-state index contributed by atoms with van der Waals surface area (Å²) in [6, 6.07) is 8.26. The maximum Gasteiger partial charge on any atom is 0.254 e. The average Bonchev–Trinajstić information content (AvgIpc) is 2.54. The Morgan fingerprint density at radius 3 is 2.67 bits per heavy atom. The van der Waals surface area contributed by atoms with Crippen LogP contribution in [0.1, 0.15) is 22.8 Å². The van der Waals surface area contributed by atoms with Gasteiger partial charge in [0.2, 0.25) is 0 Å². The number of thioether (sulfide) groups is 1. The number of benzene rings is 1. The van der Waals surface area contributed by atoms with E-state index in [2.05, 4.69) is 0 Å². The van der Waals surface area contributed by atoms with Gasteiger partial charge in [-0.1, -0.05) is 6.92 Å². The monoisotopic (exact) mass is 324 g/mol. The zero-order chi connectivity index (χ0) is 15.5. The lowest BCUT2D eigenvalue weighted by Gasteiger charge is -2.34. The van der Waals surface area contributed by atoms with Gasteiger partial charge in [0.15, 0.2) is 9.84 Å². The van der Waals surface area contributed by atoms with Crippen LogP contribution in [0.5, 0.6) is 0 Å². The van der Waals surface area contributed by atoms with Gasteiger partial charge in [0, 0.05) is 29.4 Å². The molecular weight excluding hydrogens is 308 g/mol. The summed E-state index contributed by atoms with van der Waals surface area (Å²) in [7, 11) is -3.30. The lowest BCUT2D eigenvalue weighted by atomic mass is 10.1. The molecule has 1 heterocycles. The number of rotatable bonds is 3. The van der Waals surface area contributed by atoms with Crippen molar-refractivity contribution in [3.05, 3.63) is 35.4 Å². The van der Waals surface area contributed by atoms with Gasteiger partial charge in [0.1, 0.15) is 5.37 Å². The third-order valence-corrected chi connectivity index (χ3v) is 6.71. The molecule has 0 radical (unpaired) electrons. The smallest absolute Gasteiger partial charge is 0.254 e. The molecule has 5 nitrogen and oxygen atoms in total. The van der Waals surface area contributed by atoms with E-state index in [0.29, 0.717) is 23.4 Å². The van der Waals surface area contributed by atoms with E-state index in [1.807, 2.05) is 6.07 Å². The van der Waals surface area contributed by atoms with Crippen molar-refractivity contribution in [3.63, 3.8) is 0 Å². The largest absolute Gasteiger partial charge is 0.320 e. The molecule has 1 aromatic carbocycles. The van der Waals surface area contributed by atoms with Crippen molar-refractivity contribution in [2.75, 3.05) is 23.8 Å². The number of nitrogens with zero attached hydrogens (tertiary/aromatic N) is 2.